The second-order valence-electron chi connectivity index (χ2n) is 3.60. The number of hydrogen-bond acceptors (Lipinski definition) is 2. The molecular weight excluding hydrogens is 140 g/mol. The molecule has 0 aliphatic heterocycles. The highest BCUT2D eigenvalue weighted by atomic mass is 16.3. The van der Waals surface area contributed by atoms with Crippen LogP contribution in [0.5, 0.6) is 0 Å². The zero-order chi connectivity index (χ0) is 7.47. The van der Waals surface area contributed by atoms with Crippen LogP contribution in [0.15, 0.2) is 16.9 Å². The van der Waals surface area contributed by atoms with Gasteiger partial charge in [-0.3, -0.25) is 4.79 Å². The standard InChI is InChI=1S/C9H8O2/c10-8-7-5-11-4-6(7)3-9(8)1-2-9/h4-5H,1-3H2. The first kappa shape index (κ1) is 5.58. The molecule has 2 heteroatoms. The summed E-state index contributed by atoms with van der Waals surface area (Å²) in [6.45, 7) is 0. The molecular formula is C9H8O2. The van der Waals surface area contributed by atoms with Crippen molar-refractivity contribution in [3.8, 4) is 0 Å². The molecule has 0 radical (unpaired) electrons. The van der Waals surface area contributed by atoms with Crippen molar-refractivity contribution in [3.63, 3.8) is 0 Å². The Morgan fingerprint density at radius 3 is 2.82 bits per heavy atom. The monoisotopic (exact) mass is 148 g/mol. The van der Waals surface area contributed by atoms with Crippen LogP contribution in [0.1, 0.15) is 28.8 Å². The van der Waals surface area contributed by atoms with Gasteiger partial charge >= 0.3 is 0 Å². The van der Waals surface area contributed by atoms with Crippen molar-refractivity contribution in [1.82, 2.24) is 0 Å². The van der Waals surface area contributed by atoms with Gasteiger partial charge in [-0.05, 0) is 19.3 Å². The third kappa shape index (κ3) is 0.516. The van der Waals surface area contributed by atoms with Gasteiger partial charge in [0.05, 0.1) is 11.8 Å². The first-order chi connectivity index (χ1) is 5.32. The lowest BCUT2D eigenvalue weighted by Crippen LogP contribution is -2.08. The Labute approximate surface area is 64.2 Å². The molecule has 1 heterocycles. The lowest BCUT2D eigenvalue weighted by molar-refractivity contribution is 0.0917. The summed E-state index contributed by atoms with van der Waals surface area (Å²) in [5.41, 5.74) is 2.00. The number of carbonyl (C=O) groups is 1. The number of furan rings is 1. The summed E-state index contributed by atoms with van der Waals surface area (Å²) in [6.07, 6.45) is 6.39. The van der Waals surface area contributed by atoms with Crippen molar-refractivity contribution in [3.05, 3.63) is 23.7 Å². The third-order valence-corrected chi connectivity index (χ3v) is 2.85. The molecule has 1 aromatic heterocycles. The highest BCUT2D eigenvalue weighted by Crippen LogP contribution is 2.55. The zero-order valence-electron chi connectivity index (χ0n) is 6.09. The van der Waals surface area contributed by atoms with Gasteiger partial charge in [0.25, 0.3) is 0 Å². The molecule has 2 aliphatic carbocycles. The number of ketones is 1. The Kier molecular flexibility index (Phi) is 0.721. The Balaban J connectivity index is 2.19. The van der Waals surface area contributed by atoms with E-state index >= 15 is 0 Å². The molecule has 0 amide bonds. The quantitative estimate of drug-likeness (QED) is 0.561. The first-order valence-electron chi connectivity index (χ1n) is 3.92. The van der Waals surface area contributed by atoms with E-state index in [2.05, 4.69) is 0 Å². The molecule has 0 unspecified atom stereocenters. The fourth-order valence-electron chi connectivity index (χ4n) is 1.94. The van der Waals surface area contributed by atoms with Crippen LogP contribution in [0.3, 0.4) is 0 Å². The van der Waals surface area contributed by atoms with E-state index in [1.165, 1.54) is 0 Å². The maximum atomic E-state index is 11.6. The molecule has 0 bridgehead atoms. The Bertz CT molecular complexity index is 331. The van der Waals surface area contributed by atoms with E-state index in [4.69, 9.17) is 4.42 Å². The molecule has 1 fully saturated rings. The number of hydrogen-bond donors (Lipinski definition) is 0. The van der Waals surface area contributed by atoms with Crippen LogP contribution in [0.4, 0.5) is 0 Å². The van der Waals surface area contributed by atoms with Crippen LogP contribution in [0, 0.1) is 5.41 Å². The highest BCUT2D eigenvalue weighted by Gasteiger charge is 2.54. The van der Waals surface area contributed by atoms with Gasteiger partial charge in [-0.15, -0.1) is 0 Å². The van der Waals surface area contributed by atoms with Gasteiger partial charge < -0.3 is 4.42 Å². The van der Waals surface area contributed by atoms with Crippen LogP contribution in [-0.4, -0.2) is 5.78 Å². The van der Waals surface area contributed by atoms with Gasteiger partial charge in [0.15, 0.2) is 5.78 Å². The summed E-state index contributed by atoms with van der Waals surface area (Å²) in [4.78, 5) is 11.6. The highest BCUT2D eigenvalue weighted by molar-refractivity contribution is 6.06. The fraction of sp³-hybridized carbons (Fsp3) is 0.444. The van der Waals surface area contributed by atoms with Crippen molar-refractivity contribution in [1.29, 1.82) is 0 Å². The van der Waals surface area contributed by atoms with E-state index in [0.717, 1.165) is 30.4 Å². The molecule has 2 nitrogen and oxygen atoms in total. The zero-order valence-corrected chi connectivity index (χ0v) is 6.09. The summed E-state index contributed by atoms with van der Waals surface area (Å²) in [7, 11) is 0. The second kappa shape index (κ2) is 1.42. The van der Waals surface area contributed by atoms with E-state index in [9.17, 15) is 4.79 Å². The van der Waals surface area contributed by atoms with Crippen molar-refractivity contribution in [2.75, 3.05) is 0 Å². The SMILES string of the molecule is O=C1c2cocc2CC12CC2. The molecule has 1 spiro atoms. The van der Waals surface area contributed by atoms with Crippen LogP contribution in [0.25, 0.3) is 0 Å². The van der Waals surface area contributed by atoms with Gasteiger partial charge in [0.1, 0.15) is 6.26 Å². The minimum absolute atomic E-state index is 0.0431. The number of fused-ring (bicyclic) bond motifs is 1. The summed E-state index contributed by atoms with van der Waals surface area (Å²) < 4.78 is 4.96. The molecule has 11 heavy (non-hydrogen) atoms. The van der Waals surface area contributed by atoms with Gasteiger partial charge in [-0.2, -0.15) is 0 Å². The van der Waals surface area contributed by atoms with E-state index in [1.807, 2.05) is 0 Å². The Hall–Kier alpha value is -1.05. The number of carbonyl (C=O) groups excluding carboxylic acids is 1. The Morgan fingerprint density at radius 1 is 1.36 bits per heavy atom. The summed E-state index contributed by atoms with van der Waals surface area (Å²) in [6, 6.07) is 0. The number of Topliss-reactive ketones (excluding diaryl/α,β-unsaturated/α-hetero) is 1. The molecule has 0 N–H and O–H groups in total. The average Bonchev–Trinajstić information content (AvgIpc) is 2.53. The molecule has 0 atom stereocenters. The molecule has 3 rings (SSSR count). The normalized spacial score (nSPS) is 24.2. The minimum atomic E-state index is 0.0431. The summed E-state index contributed by atoms with van der Waals surface area (Å²) in [5, 5.41) is 0. The van der Waals surface area contributed by atoms with Crippen molar-refractivity contribution in [2.45, 2.75) is 19.3 Å². The molecule has 2 aliphatic rings. The van der Waals surface area contributed by atoms with E-state index in [1.54, 1.807) is 12.5 Å². The third-order valence-electron chi connectivity index (χ3n) is 2.85. The van der Waals surface area contributed by atoms with Gasteiger partial charge in [0, 0.05) is 11.0 Å². The second-order valence-corrected chi connectivity index (χ2v) is 3.60. The van der Waals surface area contributed by atoms with E-state index < -0.39 is 0 Å². The van der Waals surface area contributed by atoms with E-state index in [0.29, 0.717) is 5.78 Å². The minimum Gasteiger partial charge on any atom is -0.472 e. The largest absolute Gasteiger partial charge is 0.472 e. The summed E-state index contributed by atoms with van der Waals surface area (Å²) in [5.74, 6) is 0.321. The summed E-state index contributed by atoms with van der Waals surface area (Å²) >= 11 is 0. The van der Waals surface area contributed by atoms with Crippen LogP contribution in [0.2, 0.25) is 0 Å². The lowest BCUT2D eigenvalue weighted by atomic mass is 10.0. The van der Waals surface area contributed by atoms with Crippen LogP contribution < -0.4 is 0 Å². The van der Waals surface area contributed by atoms with Crippen LogP contribution in [-0.2, 0) is 6.42 Å². The average molecular weight is 148 g/mol. The smallest absolute Gasteiger partial charge is 0.172 e. The van der Waals surface area contributed by atoms with Crippen molar-refractivity contribution >= 4 is 5.78 Å². The van der Waals surface area contributed by atoms with Gasteiger partial charge in [-0.1, -0.05) is 0 Å². The van der Waals surface area contributed by atoms with Crippen LogP contribution >= 0.6 is 0 Å². The van der Waals surface area contributed by atoms with Gasteiger partial charge in [0.2, 0.25) is 0 Å². The predicted octanol–water partition coefficient (Wildman–Crippen LogP) is 1.80. The van der Waals surface area contributed by atoms with Crippen molar-refractivity contribution in [2.24, 2.45) is 5.41 Å². The van der Waals surface area contributed by atoms with E-state index in [-0.39, 0.29) is 5.41 Å². The Morgan fingerprint density at radius 2 is 2.18 bits per heavy atom. The number of rotatable bonds is 0. The lowest BCUT2D eigenvalue weighted by Gasteiger charge is -1.99. The molecule has 56 valence electrons. The van der Waals surface area contributed by atoms with Gasteiger partial charge in [-0.25, -0.2) is 0 Å². The first-order valence-corrected chi connectivity index (χ1v) is 3.92. The molecule has 0 saturated heterocycles. The maximum Gasteiger partial charge on any atom is 0.172 e. The molecule has 0 aromatic carbocycles. The fourth-order valence-corrected chi connectivity index (χ4v) is 1.94. The molecule has 1 saturated carbocycles. The van der Waals surface area contributed by atoms with Crippen molar-refractivity contribution < 1.29 is 9.21 Å². The molecule has 1 aromatic rings. The maximum absolute atomic E-state index is 11.6. The predicted molar refractivity (Wildman–Crippen MR) is 38.4 cm³/mol. The topological polar surface area (TPSA) is 30.2 Å².